The van der Waals surface area contributed by atoms with Crippen LogP contribution in [0.25, 0.3) is 0 Å². The molecule has 0 aliphatic heterocycles. The highest BCUT2D eigenvalue weighted by Crippen LogP contribution is 2.31. The van der Waals surface area contributed by atoms with Gasteiger partial charge in [-0.05, 0) is 30.3 Å². The van der Waals surface area contributed by atoms with Gasteiger partial charge in [-0.2, -0.15) is 17.9 Å². The third-order valence-electron chi connectivity index (χ3n) is 2.99. The fourth-order valence-electron chi connectivity index (χ4n) is 1.87. The molecule has 2 rings (SSSR count). The SMILES string of the molecule is O=S(=O)(NCC#Cc1ccccc1C(F)(F)F)c1cc(F)ccc1F. The molecule has 2 aromatic rings. The van der Waals surface area contributed by atoms with Crippen LogP contribution in [-0.4, -0.2) is 15.0 Å². The maximum atomic E-state index is 13.5. The van der Waals surface area contributed by atoms with Crippen molar-refractivity contribution in [2.75, 3.05) is 6.54 Å². The van der Waals surface area contributed by atoms with Crippen molar-refractivity contribution in [1.82, 2.24) is 4.72 Å². The van der Waals surface area contributed by atoms with Gasteiger partial charge in [-0.25, -0.2) is 17.2 Å². The Kier molecular flexibility index (Phi) is 5.45. The Morgan fingerprint density at radius 1 is 1.04 bits per heavy atom. The first-order chi connectivity index (χ1) is 11.6. The van der Waals surface area contributed by atoms with Gasteiger partial charge in [0, 0.05) is 5.56 Å². The van der Waals surface area contributed by atoms with Gasteiger partial charge in [0.2, 0.25) is 10.0 Å². The van der Waals surface area contributed by atoms with Gasteiger partial charge in [-0.3, -0.25) is 0 Å². The van der Waals surface area contributed by atoms with Crippen molar-refractivity contribution in [3.05, 3.63) is 65.2 Å². The Balaban J connectivity index is 2.17. The number of hydrogen-bond acceptors (Lipinski definition) is 2. The van der Waals surface area contributed by atoms with E-state index in [4.69, 9.17) is 0 Å². The zero-order valence-corrected chi connectivity index (χ0v) is 13.2. The zero-order valence-electron chi connectivity index (χ0n) is 12.4. The molecule has 25 heavy (non-hydrogen) atoms. The van der Waals surface area contributed by atoms with E-state index < -0.39 is 44.8 Å². The van der Waals surface area contributed by atoms with Crippen molar-refractivity contribution in [1.29, 1.82) is 0 Å². The average molecular weight is 375 g/mol. The summed E-state index contributed by atoms with van der Waals surface area (Å²) >= 11 is 0. The first-order valence-corrected chi connectivity index (χ1v) is 8.19. The summed E-state index contributed by atoms with van der Waals surface area (Å²) < 4.78 is 90.5. The third-order valence-corrected chi connectivity index (χ3v) is 4.41. The summed E-state index contributed by atoms with van der Waals surface area (Å²) in [5.74, 6) is 2.31. The predicted octanol–water partition coefficient (Wildman–Crippen LogP) is 3.31. The molecule has 0 bridgehead atoms. The van der Waals surface area contributed by atoms with E-state index in [1.165, 1.54) is 12.1 Å². The van der Waals surface area contributed by atoms with E-state index in [9.17, 15) is 30.4 Å². The summed E-state index contributed by atoms with van der Waals surface area (Å²) in [6.07, 6.45) is -4.60. The Morgan fingerprint density at radius 2 is 1.72 bits per heavy atom. The summed E-state index contributed by atoms with van der Waals surface area (Å²) in [7, 11) is -4.40. The molecule has 0 fully saturated rings. The van der Waals surface area contributed by atoms with E-state index in [0.29, 0.717) is 12.1 Å². The highest BCUT2D eigenvalue weighted by Gasteiger charge is 2.32. The predicted molar refractivity (Wildman–Crippen MR) is 79.9 cm³/mol. The molecule has 0 aliphatic carbocycles. The minimum Gasteiger partial charge on any atom is -0.207 e. The van der Waals surface area contributed by atoms with Gasteiger partial charge in [-0.15, -0.1) is 0 Å². The van der Waals surface area contributed by atoms with Crippen molar-refractivity contribution in [2.45, 2.75) is 11.1 Å². The minimum absolute atomic E-state index is 0.328. The molecule has 1 N–H and O–H groups in total. The second kappa shape index (κ2) is 7.21. The topological polar surface area (TPSA) is 46.2 Å². The van der Waals surface area contributed by atoms with E-state index >= 15 is 0 Å². The van der Waals surface area contributed by atoms with Crippen LogP contribution in [0.3, 0.4) is 0 Å². The van der Waals surface area contributed by atoms with Crippen molar-refractivity contribution in [3.8, 4) is 11.8 Å². The lowest BCUT2D eigenvalue weighted by Gasteiger charge is -2.08. The first kappa shape index (κ1) is 18.9. The number of hydrogen-bond donors (Lipinski definition) is 1. The number of halogens is 5. The average Bonchev–Trinajstić information content (AvgIpc) is 2.53. The smallest absolute Gasteiger partial charge is 0.207 e. The van der Waals surface area contributed by atoms with Crippen LogP contribution in [0.15, 0.2) is 47.4 Å². The van der Waals surface area contributed by atoms with E-state index in [2.05, 4.69) is 11.8 Å². The lowest BCUT2D eigenvalue weighted by Crippen LogP contribution is -2.25. The molecule has 132 valence electrons. The van der Waals surface area contributed by atoms with E-state index in [1.807, 2.05) is 4.72 Å². The molecule has 0 spiro atoms. The first-order valence-electron chi connectivity index (χ1n) is 6.71. The van der Waals surface area contributed by atoms with E-state index in [0.717, 1.165) is 18.2 Å². The Hall–Kier alpha value is -2.44. The quantitative estimate of drug-likeness (QED) is 0.661. The molecular formula is C16H10F5NO2S. The molecule has 2 aromatic carbocycles. The summed E-state index contributed by atoms with van der Waals surface area (Å²) in [5, 5.41) is 0. The molecule has 0 heterocycles. The Bertz CT molecular complexity index is 943. The fraction of sp³-hybridized carbons (Fsp3) is 0.125. The van der Waals surface area contributed by atoms with E-state index in [-0.39, 0.29) is 5.56 Å². The van der Waals surface area contributed by atoms with Gasteiger partial charge in [0.05, 0.1) is 12.1 Å². The largest absolute Gasteiger partial charge is 0.417 e. The van der Waals surface area contributed by atoms with Gasteiger partial charge < -0.3 is 0 Å². The monoisotopic (exact) mass is 375 g/mol. The molecule has 0 radical (unpaired) electrons. The summed E-state index contributed by atoms with van der Waals surface area (Å²) in [6.45, 7) is -0.579. The van der Waals surface area contributed by atoms with Gasteiger partial charge in [-0.1, -0.05) is 24.0 Å². The summed E-state index contributed by atoms with van der Waals surface area (Å²) in [5.41, 5.74) is -1.28. The van der Waals surface area contributed by atoms with Crippen molar-refractivity contribution >= 4 is 10.0 Å². The Morgan fingerprint density at radius 3 is 2.40 bits per heavy atom. The van der Waals surface area contributed by atoms with Gasteiger partial charge in [0.1, 0.15) is 16.5 Å². The molecule has 0 aliphatic rings. The zero-order chi connectivity index (χ0) is 18.7. The molecule has 0 amide bonds. The molecule has 9 heteroatoms. The second-order valence-electron chi connectivity index (χ2n) is 4.74. The molecule has 0 saturated carbocycles. The van der Waals surface area contributed by atoms with Crippen molar-refractivity contribution < 1.29 is 30.4 Å². The maximum Gasteiger partial charge on any atom is 0.417 e. The number of nitrogens with one attached hydrogen (secondary N) is 1. The van der Waals surface area contributed by atoms with Crippen LogP contribution in [0.5, 0.6) is 0 Å². The summed E-state index contributed by atoms with van der Waals surface area (Å²) in [4.78, 5) is -0.912. The number of benzene rings is 2. The van der Waals surface area contributed by atoms with E-state index in [1.54, 1.807) is 0 Å². The van der Waals surface area contributed by atoms with Crippen LogP contribution in [0.2, 0.25) is 0 Å². The van der Waals surface area contributed by atoms with Crippen LogP contribution in [0.4, 0.5) is 22.0 Å². The van der Waals surface area contributed by atoms with Crippen LogP contribution in [0, 0.1) is 23.5 Å². The molecular weight excluding hydrogens is 365 g/mol. The van der Waals surface area contributed by atoms with Crippen molar-refractivity contribution in [2.24, 2.45) is 0 Å². The fourth-order valence-corrected chi connectivity index (χ4v) is 2.88. The highest BCUT2D eigenvalue weighted by molar-refractivity contribution is 7.89. The number of sulfonamides is 1. The minimum atomic E-state index is -4.60. The summed E-state index contributed by atoms with van der Waals surface area (Å²) in [6, 6.07) is 6.42. The maximum absolute atomic E-state index is 13.5. The standard InChI is InChI=1S/C16H10F5NO2S/c17-12-7-8-14(18)15(10-12)25(23,24)22-9-3-5-11-4-1-2-6-13(11)16(19,20)21/h1-2,4,6-8,10,22H,9H2. The van der Waals surface area contributed by atoms with Crippen LogP contribution < -0.4 is 4.72 Å². The Labute approximate surface area is 140 Å². The molecule has 0 saturated heterocycles. The lowest BCUT2D eigenvalue weighted by molar-refractivity contribution is -0.137. The normalized spacial score (nSPS) is 11.7. The lowest BCUT2D eigenvalue weighted by atomic mass is 10.1. The van der Waals surface area contributed by atoms with Gasteiger partial charge >= 0.3 is 6.18 Å². The van der Waals surface area contributed by atoms with Crippen molar-refractivity contribution in [3.63, 3.8) is 0 Å². The third kappa shape index (κ3) is 4.78. The number of rotatable bonds is 3. The van der Waals surface area contributed by atoms with Crippen LogP contribution >= 0.6 is 0 Å². The van der Waals surface area contributed by atoms with Crippen LogP contribution in [-0.2, 0) is 16.2 Å². The number of alkyl halides is 3. The van der Waals surface area contributed by atoms with Gasteiger partial charge in [0.25, 0.3) is 0 Å². The van der Waals surface area contributed by atoms with Gasteiger partial charge in [0.15, 0.2) is 0 Å². The molecule has 0 atom stereocenters. The molecule has 0 unspecified atom stereocenters. The van der Waals surface area contributed by atoms with Crippen LogP contribution in [0.1, 0.15) is 11.1 Å². The molecule has 0 aromatic heterocycles. The molecule has 3 nitrogen and oxygen atoms in total. The highest BCUT2D eigenvalue weighted by atomic mass is 32.2. The second-order valence-corrected chi connectivity index (χ2v) is 6.48.